The standard InChI is InChI=1S/C29H21F5/c1-2-3-18-4-8-21(25(30)13-18)9-6-20-14-26(31)24(27(32)15-20)11-7-19-5-10-22-16-28(33)29(34)17-23(22)12-19/h4-5,8,10,12-17H,2-3,6,9H2,1H3. The lowest BCUT2D eigenvalue weighted by Crippen LogP contribution is -1.99. The van der Waals surface area contributed by atoms with E-state index in [0.29, 0.717) is 33.9 Å². The molecule has 0 aliphatic heterocycles. The van der Waals surface area contributed by atoms with Gasteiger partial charge in [-0.05, 0) is 89.2 Å². The van der Waals surface area contributed by atoms with Crippen LogP contribution in [-0.4, -0.2) is 0 Å². The van der Waals surface area contributed by atoms with Gasteiger partial charge in [0.15, 0.2) is 11.6 Å². The largest absolute Gasteiger partial charge is 0.207 e. The maximum Gasteiger partial charge on any atom is 0.159 e. The van der Waals surface area contributed by atoms with Crippen molar-refractivity contribution in [3.63, 3.8) is 0 Å². The second kappa shape index (κ2) is 10.1. The summed E-state index contributed by atoms with van der Waals surface area (Å²) >= 11 is 0. The van der Waals surface area contributed by atoms with Crippen molar-refractivity contribution in [2.24, 2.45) is 0 Å². The molecule has 0 heterocycles. The van der Waals surface area contributed by atoms with Gasteiger partial charge in [0.25, 0.3) is 0 Å². The molecule has 0 bridgehead atoms. The van der Waals surface area contributed by atoms with E-state index in [2.05, 4.69) is 11.8 Å². The summed E-state index contributed by atoms with van der Waals surface area (Å²) in [5.74, 6) is 1.29. The molecule has 0 amide bonds. The van der Waals surface area contributed by atoms with Crippen molar-refractivity contribution < 1.29 is 22.0 Å². The zero-order chi connectivity index (χ0) is 24.2. The third-order valence-corrected chi connectivity index (χ3v) is 5.65. The molecule has 0 unspecified atom stereocenters. The van der Waals surface area contributed by atoms with Crippen molar-refractivity contribution in [3.8, 4) is 11.8 Å². The van der Waals surface area contributed by atoms with E-state index in [1.54, 1.807) is 18.2 Å². The Kier molecular flexibility index (Phi) is 6.98. The molecular formula is C29H21F5. The van der Waals surface area contributed by atoms with Gasteiger partial charge < -0.3 is 0 Å². The molecule has 0 N–H and O–H groups in total. The minimum Gasteiger partial charge on any atom is -0.207 e. The molecule has 0 aromatic heterocycles. The van der Waals surface area contributed by atoms with Crippen molar-refractivity contribution in [2.45, 2.75) is 32.6 Å². The van der Waals surface area contributed by atoms with Gasteiger partial charge in [-0.15, -0.1) is 0 Å². The highest BCUT2D eigenvalue weighted by molar-refractivity contribution is 5.84. The highest BCUT2D eigenvalue weighted by atomic mass is 19.2. The van der Waals surface area contributed by atoms with Crippen LogP contribution in [0.2, 0.25) is 0 Å². The summed E-state index contributed by atoms with van der Waals surface area (Å²) in [6.45, 7) is 2.02. The summed E-state index contributed by atoms with van der Waals surface area (Å²) in [7, 11) is 0. The van der Waals surface area contributed by atoms with Gasteiger partial charge in [-0.2, -0.15) is 0 Å². The van der Waals surface area contributed by atoms with Gasteiger partial charge in [0.1, 0.15) is 17.5 Å². The predicted octanol–water partition coefficient (Wildman–Crippen LogP) is 7.67. The molecular weight excluding hydrogens is 443 g/mol. The van der Waals surface area contributed by atoms with E-state index in [1.807, 2.05) is 13.0 Å². The first-order valence-corrected chi connectivity index (χ1v) is 11.0. The summed E-state index contributed by atoms with van der Waals surface area (Å²) in [6, 6.07) is 14.3. The number of halogens is 5. The topological polar surface area (TPSA) is 0 Å². The zero-order valence-corrected chi connectivity index (χ0v) is 18.5. The molecule has 4 aromatic rings. The summed E-state index contributed by atoms with van der Waals surface area (Å²) in [4.78, 5) is 0. The van der Waals surface area contributed by atoms with Crippen molar-refractivity contribution in [1.82, 2.24) is 0 Å². The van der Waals surface area contributed by atoms with Gasteiger partial charge in [0.05, 0.1) is 5.56 Å². The van der Waals surface area contributed by atoms with Gasteiger partial charge in [0.2, 0.25) is 0 Å². The Labute approximate surface area is 195 Å². The van der Waals surface area contributed by atoms with Crippen LogP contribution in [0.1, 0.15) is 41.2 Å². The highest BCUT2D eigenvalue weighted by Gasteiger charge is 2.11. The first-order valence-electron chi connectivity index (χ1n) is 11.0. The van der Waals surface area contributed by atoms with Crippen LogP contribution in [0.5, 0.6) is 0 Å². The van der Waals surface area contributed by atoms with Crippen LogP contribution < -0.4 is 0 Å². The molecule has 172 valence electrons. The normalized spacial score (nSPS) is 10.9. The van der Waals surface area contributed by atoms with Crippen LogP contribution in [-0.2, 0) is 19.3 Å². The lowest BCUT2D eigenvalue weighted by molar-refractivity contribution is 0.511. The smallest absolute Gasteiger partial charge is 0.159 e. The fourth-order valence-corrected chi connectivity index (χ4v) is 3.86. The number of hydrogen-bond donors (Lipinski definition) is 0. The summed E-state index contributed by atoms with van der Waals surface area (Å²) in [6.07, 6.45) is 2.31. The summed E-state index contributed by atoms with van der Waals surface area (Å²) < 4.78 is 70.3. The molecule has 4 aromatic carbocycles. The maximum absolute atomic E-state index is 14.6. The minimum absolute atomic E-state index is 0.276. The lowest BCUT2D eigenvalue weighted by atomic mass is 10.00. The highest BCUT2D eigenvalue weighted by Crippen LogP contribution is 2.21. The van der Waals surface area contributed by atoms with E-state index >= 15 is 0 Å². The number of rotatable bonds is 5. The van der Waals surface area contributed by atoms with Crippen LogP contribution >= 0.6 is 0 Å². The van der Waals surface area contributed by atoms with Crippen LogP contribution in [0.3, 0.4) is 0 Å². The average molecular weight is 464 g/mol. The first kappa shape index (κ1) is 23.5. The Morgan fingerprint density at radius 1 is 0.559 bits per heavy atom. The van der Waals surface area contributed by atoms with Crippen LogP contribution in [0, 0.1) is 40.9 Å². The Morgan fingerprint density at radius 3 is 1.91 bits per heavy atom. The molecule has 5 heteroatoms. The average Bonchev–Trinajstić information content (AvgIpc) is 2.79. The Hall–Kier alpha value is -3.65. The first-order chi connectivity index (χ1) is 16.3. The van der Waals surface area contributed by atoms with E-state index in [9.17, 15) is 22.0 Å². The van der Waals surface area contributed by atoms with Gasteiger partial charge in [0, 0.05) is 5.56 Å². The second-order valence-electron chi connectivity index (χ2n) is 8.19. The fourth-order valence-electron chi connectivity index (χ4n) is 3.86. The van der Waals surface area contributed by atoms with Crippen LogP contribution in [0.15, 0.2) is 60.7 Å². The van der Waals surface area contributed by atoms with Crippen molar-refractivity contribution in [2.75, 3.05) is 0 Å². The number of benzene rings is 4. The maximum atomic E-state index is 14.6. The van der Waals surface area contributed by atoms with Gasteiger partial charge in [-0.25, -0.2) is 22.0 Å². The quantitative estimate of drug-likeness (QED) is 0.210. The molecule has 0 aliphatic rings. The summed E-state index contributed by atoms with van der Waals surface area (Å²) in [5.41, 5.74) is 1.85. The van der Waals surface area contributed by atoms with Crippen molar-refractivity contribution in [3.05, 3.63) is 118 Å². The lowest BCUT2D eigenvalue weighted by Gasteiger charge is -2.07. The SMILES string of the molecule is CCCc1ccc(CCc2cc(F)c(C#Cc3ccc4cc(F)c(F)cc4c3)c(F)c2)c(F)c1. The number of hydrogen-bond acceptors (Lipinski definition) is 0. The Morgan fingerprint density at radius 2 is 1.24 bits per heavy atom. The molecule has 0 atom stereocenters. The van der Waals surface area contributed by atoms with E-state index in [0.717, 1.165) is 30.5 Å². The monoisotopic (exact) mass is 464 g/mol. The van der Waals surface area contributed by atoms with Gasteiger partial charge >= 0.3 is 0 Å². The number of fused-ring (bicyclic) bond motifs is 1. The minimum atomic E-state index is -0.984. The van der Waals surface area contributed by atoms with Crippen LogP contribution in [0.4, 0.5) is 22.0 Å². The molecule has 0 saturated heterocycles. The zero-order valence-electron chi connectivity index (χ0n) is 18.5. The molecule has 0 nitrogen and oxygen atoms in total. The molecule has 0 fully saturated rings. The van der Waals surface area contributed by atoms with Crippen molar-refractivity contribution >= 4 is 10.8 Å². The molecule has 4 rings (SSSR count). The van der Waals surface area contributed by atoms with E-state index < -0.39 is 23.3 Å². The fraction of sp³-hybridized carbons (Fsp3) is 0.172. The molecule has 0 radical (unpaired) electrons. The van der Waals surface area contributed by atoms with E-state index in [-0.39, 0.29) is 17.8 Å². The molecule has 0 spiro atoms. The van der Waals surface area contributed by atoms with Crippen molar-refractivity contribution in [1.29, 1.82) is 0 Å². The van der Waals surface area contributed by atoms with E-state index in [4.69, 9.17) is 0 Å². The third kappa shape index (κ3) is 5.28. The van der Waals surface area contributed by atoms with Gasteiger partial charge in [-0.1, -0.05) is 43.4 Å². The van der Waals surface area contributed by atoms with E-state index in [1.165, 1.54) is 24.3 Å². The Balaban J connectivity index is 1.52. The second-order valence-corrected chi connectivity index (χ2v) is 8.19. The molecule has 0 saturated carbocycles. The molecule has 0 aliphatic carbocycles. The predicted molar refractivity (Wildman–Crippen MR) is 124 cm³/mol. The number of aryl methyl sites for hydroxylation is 3. The molecule has 34 heavy (non-hydrogen) atoms. The summed E-state index contributed by atoms with van der Waals surface area (Å²) in [5, 5.41) is 0.916. The third-order valence-electron chi connectivity index (χ3n) is 5.65. The van der Waals surface area contributed by atoms with Gasteiger partial charge in [-0.3, -0.25) is 0 Å². The Bertz CT molecular complexity index is 1400. The van der Waals surface area contributed by atoms with Crippen LogP contribution in [0.25, 0.3) is 10.8 Å².